The molecule has 1 N–H and O–H groups in total. The van der Waals surface area contributed by atoms with Gasteiger partial charge >= 0.3 is 0 Å². The molecule has 2 aromatic rings. The number of fused-ring (bicyclic) bond motifs is 1. The van der Waals surface area contributed by atoms with Gasteiger partial charge in [-0.1, -0.05) is 18.5 Å². The molecule has 0 saturated carbocycles. The van der Waals surface area contributed by atoms with Crippen LogP contribution in [0.2, 0.25) is 5.02 Å². The number of nitrogens with one attached hydrogen (secondary N) is 1. The number of halogens is 2. The molecule has 0 spiro atoms. The molecule has 0 aliphatic carbocycles. The Kier molecular flexibility index (Phi) is 3.63. The molecule has 0 aliphatic rings. The Morgan fingerprint density at radius 1 is 1.50 bits per heavy atom. The maximum absolute atomic E-state index is 13.7. The van der Waals surface area contributed by atoms with Crippen LogP contribution < -0.4 is 5.32 Å². The highest BCUT2D eigenvalue weighted by molar-refractivity contribution is 6.31. The maximum Gasteiger partial charge on any atom is 0.150 e. The van der Waals surface area contributed by atoms with Crippen LogP contribution in [0.4, 0.5) is 10.1 Å². The number of aromatic nitrogens is 1. The lowest BCUT2D eigenvalue weighted by Crippen LogP contribution is -2.04. The van der Waals surface area contributed by atoms with Crippen LogP contribution in [0.15, 0.2) is 18.3 Å². The number of rotatable bonds is 3. The van der Waals surface area contributed by atoms with Gasteiger partial charge in [0.05, 0.1) is 11.3 Å². The number of pyridine rings is 1. The summed E-state index contributed by atoms with van der Waals surface area (Å²) in [7, 11) is 0. The Hall–Kier alpha value is -1.86. The Bertz CT molecular complexity index is 634. The third-order valence-corrected chi connectivity index (χ3v) is 2.78. The molecule has 1 aromatic heterocycles. The monoisotopic (exact) mass is 263 g/mol. The zero-order valence-corrected chi connectivity index (χ0v) is 10.6. The molecule has 0 bridgehead atoms. The highest BCUT2D eigenvalue weighted by Gasteiger charge is 2.12. The van der Waals surface area contributed by atoms with Crippen molar-refractivity contribution in [3.05, 3.63) is 34.7 Å². The first-order valence-electron chi connectivity index (χ1n) is 5.59. The van der Waals surface area contributed by atoms with Crippen molar-refractivity contribution in [3.8, 4) is 6.07 Å². The minimum absolute atomic E-state index is 0.219. The van der Waals surface area contributed by atoms with Gasteiger partial charge < -0.3 is 5.32 Å². The van der Waals surface area contributed by atoms with Crippen molar-refractivity contribution < 1.29 is 4.39 Å². The Balaban J connectivity index is 2.72. The van der Waals surface area contributed by atoms with Crippen LogP contribution in [0.3, 0.4) is 0 Å². The predicted molar refractivity (Wildman–Crippen MR) is 70.2 cm³/mol. The molecule has 3 nitrogen and oxygen atoms in total. The Morgan fingerprint density at radius 2 is 2.28 bits per heavy atom. The second-order valence-electron chi connectivity index (χ2n) is 3.87. The predicted octanol–water partition coefficient (Wildman–Crippen LogP) is 3.72. The number of anilines is 1. The quantitative estimate of drug-likeness (QED) is 0.918. The average Bonchev–Trinajstić information content (AvgIpc) is 2.35. The van der Waals surface area contributed by atoms with E-state index < -0.39 is 5.82 Å². The summed E-state index contributed by atoms with van der Waals surface area (Å²) in [5, 5.41) is 13.0. The van der Waals surface area contributed by atoms with Crippen molar-refractivity contribution in [1.82, 2.24) is 4.98 Å². The molecule has 1 heterocycles. The third kappa shape index (κ3) is 2.22. The Morgan fingerprint density at radius 3 is 2.94 bits per heavy atom. The number of benzene rings is 1. The second kappa shape index (κ2) is 5.19. The van der Waals surface area contributed by atoms with E-state index in [9.17, 15) is 4.39 Å². The summed E-state index contributed by atoms with van der Waals surface area (Å²) in [6.07, 6.45) is 2.27. The van der Waals surface area contributed by atoms with E-state index in [-0.39, 0.29) is 10.5 Å². The minimum Gasteiger partial charge on any atom is -0.383 e. The highest BCUT2D eigenvalue weighted by atomic mass is 35.5. The normalized spacial score (nSPS) is 10.3. The molecule has 1 aromatic carbocycles. The smallest absolute Gasteiger partial charge is 0.150 e. The van der Waals surface area contributed by atoms with Crippen molar-refractivity contribution >= 4 is 28.2 Å². The van der Waals surface area contributed by atoms with E-state index in [1.165, 1.54) is 12.3 Å². The van der Waals surface area contributed by atoms with Crippen molar-refractivity contribution in [2.75, 3.05) is 11.9 Å². The van der Waals surface area contributed by atoms with Gasteiger partial charge in [-0.25, -0.2) is 4.39 Å². The largest absolute Gasteiger partial charge is 0.383 e. The summed E-state index contributed by atoms with van der Waals surface area (Å²) < 4.78 is 13.7. The van der Waals surface area contributed by atoms with E-state index in [2.05, 4.69) is 10.3 Å². The van der Waals surface area contributed by atoms with Gasteiger partial charge in [0, 0.05) is 23.2 Å². The third-order valence-electron chi connectivity index (χ3n) is 2.56. The first-order valence-corrected chi connectivity index (χ1v) is 5.97. The maximum atomic E-state index is 13.7. The van der Waals surface area contributed by atoms with Crippen LogP contribution in [0.5, 0.6) is 0 Å². The summed E-state index contributed by atoms with van der Waals surface area (Å²) in [6, 6.07) is 4.88. The van der Waals surface area contributed by atoms with Gasteiger partial charge in [0.25, 0.3) is 0 Å². The first-order chi connectivity index (χ1) is 8.67. The van der Waals surface area contributed by atoms with E-state index in [1.807, 2.05) is 13.0 Å². The van der Waals surface area contributed by atoms with Gasteiger partial charge in [-0.05, 0) is 18.6 Å². The van der Waals surface area contributed by atoms with Crippen LogP contribution in [0, 0.1) is 17.1 Å². The van der Waals surface area contributed by atoms with Gasteiger partial charge in [0.15, 0.2) is 5.82 Å². The molecule has 0 aliphatic heterocycles. The topological polar surface area (TPSA) is 48.7 Å². The lowest BCUT2D eigenvalue weighted by atomic mass is 10.1. The molecule has 0 fully saturated rings. The lowest BCUT2D eigenvalue weighted by molar-refractivity contribution is 0.637. The number of hydrogen-bond acceptors (Lipinski definition) is 3. The molecule has 0 radical (unpaired) electrons. The summed E-state index contributed by atoms with van der Waals surface area (Å²) in [4.78, 5) is 3.97. The summed E-state index contributed by atoms with van der Waals surface area (Å²) in [6.45, 7) is 2.71. The van der Waals surface area contributed by atoms with Crippen molar-refractivity contribution in [3.63, 3.8) is 0 Å². The van der Waals surface area contributed by atoms with E-state index in [0.29, 0.717) is 23.2 Å². The summed E-state index contributed by atoms with van der Waals surface area (Å²) in [5.74, 6) is -0.485. The fourth-order valence-electron chi connectivity index (χ4n) is 1.75. The molecule has 0 amide bonds. The van der Waals surface area contributed by atoms with Crippen LogP contribution in [-0.4, -0.2) is 11.5 Å². The minimum atomic E-state index is -0.485. The number of hydrogen-bond donors (Lipinski definition) is 1. The van der Waals surface area contributed by atoms with E-state index in [0.717, 1.165) is 6.42 Å². The molecule has 2 rings (SSSR count). The Labute approximate surface area is 109 Å². The molecule has 18 heavy (non-hydrogen) atoms. The number of nitriles is 1. The fourth-order valence-corrected chi connectivity index (χ4v) is 1.96. The molecule has 0 atom stereocenters. The van der Waals surface area contributed by atoms with Crippen LogP contribution in [0.1, 0.15) is 18.9 Å². The lowest BCUT2D eigenvalue weighted by Gasteiger charge is -2.11. The van der Waals surface area contributed by atoms with Crippen molar-refractivity contribution in [1.29, 1.82) is 5.26 Å². The fraction of sp³-hybridized carbons (Fsp3) is 0.231. The molecule has 92 valence electrons. The first kappa shape index (κ1) is 12.6. The summed E-state index contributed by atoms with van der Waals surface area (Å²) in [5.41, 5.74) is 1.19. The van der Waals surface area contributed by atoms with Crippen LogP contribution >= 0.6 is 11.6 Å². The molecule has 5 heteroatoms. The highest BCUT2D eigenvalue weighted by Crippen LogP contribution is 2.30. The standard InChI is InChI=1S/C13H11ClFN3/c1-2-3-17-12-8(6-16)7-18-13-10(12)4-9(14)5-11(13)15/h4-5,7H,2-3H2,1H3,(H,17,18). The van der Waals surface area contributed by atoms with Gasteiger partial charge in [0.1, 0.15) is 11.6 Å². The van der Waals surface area contributed by atoms with Gasteiger partial charge in [-0.2, -0.15) is 5.26 Å². The van der Waals surface area contributed by atoms with Gasteiger partial charge in [-0.15, -0.1) is 0 Å². The zero-order valence-electron chi connectivity index (χ0n) is 9.80. The van der Waals surface area contributed by atoms with E-state index in [4.69, 9.17) is 16.9 Å². The van der Waals surface area contributed by atoms with E-state index >= 15 is 0 Å². The van der Waals surface area contributed by atoms with Crippen LogP contribution in [-0.2, 0) is 0 Å². The van der Waals surface area contributed by atoms with Crippen LogP contribution in [0.25, 0.3) is 10.9 Å². The zero-order chi connectivity index (χ0) is 13.1. The molecular weight excluding hydrogens is 253 g/mol. The molecular formula is C13H11ClFN3. The SMILES string of the molecule is CCCNc1c(C#N)cnc2c(F)cc(Cl)cc12. The second-order valence-corrected chi connectivity index (χ2v) is 4.31. The van der Waals surface area contributed by atoms with Crippen molar-refractivity contribution in [2.24, 2.45) is 0 Å². The van der Waals surface area contributed by atoms with E-state index in [1.54, 1.807) is 6.07 Å². The van der Waals surface area contributed by atoms with Gasteiger partial charge in [-0.3, -0.25) is 4.98 Å². The average molecular weight is 264 g/mol. The molecule has 0 unspecified atom stereocenters. The molecule has 0 saturated heterocycles. The van der Waals surface area contributed by atoms with Gasteiger partial charge in [0.2, 0.25) is 0 Å². The summed E-state index contributed by atoms with van der Waals surface area (Å²) >= 11 is 5.85. The number of nitrogens with zero attached hydrogens (tertiary/aromatic N) is 2. The van der Waals surface area contributed by atoms with Crippen molar-refractivity contribution in [2.45, 2.75) is 13.3 Å².